The van der Waals surface area contributed by atoms with Crippen LogP contribution in [0.1, 0.15) is 56.8 Å². The molecule has 114 valence electrons. The second-order valence-corrected chi connectivity index (χ2v) is 7.10. The summed E-state index contributed by atoms with van der Waals surface area (Å²) in [6, 6.07) is 0.320. The first-order valence-corrected chi connectivity index (χ1v) is 8.22. The molecule has 5 nitrogen and oxygen atoms in total. The summed E-state index contributed by atoms with van der Waals surface area (Å²) >= 11 is 0. The van der Waals surface area contributed by atoms with Crippen molar-refractivity contribution in [3.63, 3.8) is 0 Å². The molecule has 2 fully saturated rings. The van der Waals surface area contributed by atoms with Crippen LogP contribution in [0.2, 0.25) is 0 Å². The van der Waals surface area contributed by atoms with Gasteiger partial charge in [-0.15, -0.1) is 0 Å². The number of aryl methyl sites for hydroxylation is 1. The monoisotopic (exact) mass is 289 g/mol. The highest BCUT2D eigenvalue weighted by molar-refractivity contribution is 5.89. The quantitative estimate of drug-likeness (QED) is 0.862. The van der Waals surface area contributed by atoms with E-state index >= 15 is 0 Å². The molecule has 1 aromatic rings. The van der Waals surface area contributed by atoms with Crippen molar-refractivity contribution in [3.05, 3.63) is 11.3 Å². The van der Waals surface area contributed by atoms with Crippen molar-refractivity contribution in [2.24, 2.45) is 5.41 Å². The van der Waals surface area contributed by atoms with Gasteiger partial charge in [0.2, 0.25) is 0 Å². The molecule has 2 heterocycles. The van der Waals surface area contributed by atoms with Crippen LogP contribution in [0.15, 0.2) is 4.52 Å². The molecule has 3 aliphatic rings. The summed E-state index contributed by atoms with van der Waals surface area (Å²) in [6.45, 7) is 3.06. The van der Waals surface area contributed by atoms with Crippen LogP contribution in [0.4, 0.5) is 10.6 Å². The molecule has 1 saturated carbocycles. The van der Waals surface area contributed by atoms with Gasteiger partial charge in [-0.2, -0.15) is 0 Å². The molecule has 1 spiro atoms. The summed E-state index contributed by atoms with van der Waals surface area (Å²) in [5.41, 5.74) is 1.53. The van der Waals surface area contributed by atoms with Crippen LogP contribution in [-0.4, -0.2) is 28.7 Å². The van der Waals surface area contributed by atoms with E-state index in [0.29, 0.717) is 17.3 Å². The van der Waals surface area contributed by atoms with Gasteiger partial charge in [-0.1, -0.05) is 11.6 Å². The highest BCUT2D eigenvalue weighted by atomic mass is 16.5. The molecule has 5 heteroatoms. The lowest BCUT2D eigenvalue weighted by Crippen LogP contribution is -2.40. The van der Waals surface area contributed by atoms with E-state index in [9.17, 15) is 4.79 Å². The standard InChI is InChI=1S/C16H23N3O2/c1-11-9-16(7-4-8-16)10-19(11)15(20)17-14-12-5-2-3-6-13(12)21-18-14/h11H,2-10H2,1H3,(H,17,18,20). The van der Waals surface area contributed by atoms with E-state index in [2.05, 4.69) is 17.4 Å². The van der Waals surface area contributed by atoms with Gasteiger partial charge in [-0.25, -0.2) is 4.79 Å². The maximum Gasteiger partial charge on any atom is 0.323 e. The summed E-state index contributed by atoms with van der Waals surface area (Å²) in [4.78, 5) is 14.6. The first-order valence-electron chi connectivity index (χ1n) is 8.22. The highest BCUT2D eigenvalue weighted by Crippen LogP contribution is 2.50. The zero-order valence-electron chi connectivity index (χ0n) is 12.7. The summed E-state index contributed by atoms with van der Waals surface area (Å²) in [7, 11) is 0. The van der Waals surface area contributed by atoms with Gasteiger partial charge in [0.15, 0.2) is 5.82 Å². The van der Waals surface area contributed by atoms with E-state index in [-0.39, 0.29) is 6.03 Å². The number of aromatic nitrogens is 1. The maximum absolute atomic E-state index is 12.6. The SMILES string of the molecule is CC1CC2(CCC2)CN1C(=O)Nc1noc2c1CCCC2. The molecular weight excluding hydrogens is 266 g/mol. The number of rotatable bonds is 1. The number of nitrogens with zero attached hydrogens (tertiary/aromatic N) is 2. The summed E-state index contributed by atoms with van der Waals surface area (Å²) in [6.07, 6.45) is 9.24. The van der Waals surface area contributed by atoms with Crippen molar-refractivity contribution >= 4 is 11.8 Å². The number of carbonyl (C=O) groups is 1. The van der Waals surface area contributed by atoms with Crippen LogP contribution in [0, 0.1) is 5.41 Å². The van der Waals surface area contributed by atoms with Gasteiger partial charge < -0.3 is 9.42 Å². The molecule has 21 heavy (non-hydrogen) atoms. The molecule has 1 aliphatic heterocycles. The van der Waals surface area contributed by atoms with Crippen molar-refractivity contribution < 1.29 is 9.32 Å². The molecule has 1 unspecified atom stereocenters. The topological polar surface area (TPSA) is 58.4 Å². The van der Waals surface area contributed by atoms with Crippen LogP contribution in [0.25, 0.3) is 0 Å². The van der Waals surface area contributed by atoms with Gasteiger partial charge in [-0.3, -0.25) is 5.32 Å². The summed E-state index contributed by atoms with van der Waals surface area (Å²) < 4.78 is 5.37. The fourth-order valence-corrected chi connectivity index (χ4v) is 4.29. The zero-order chi connectivity index (χ0) is 14.4. The van der Waals surface area contributed by atoms with Crippen molar-refractivity contribution in [1.82, 2.24) is 10.1 Å². The number of anilines is 1. The van der Waals surface area contributed by atoms with Crippen molar-refractivity contribution in [2.75, 3.05) is 11.9 Å². The molecule has 1 N–H and O–H groups in total. The average molecular weight is 289 g/mol. The van der Waals surface area contributed by atoms with Crippen molar-refractivity contribution in [2.45, 2.75) is 64.3 Å². The Bertz CT molecular complexity index is 562. The molecule has 0 radical (unpaired) electrons. The Morgan fingerprint density at radius 1 is 1.33 bits per heavy atom. The first-order chi connectivity index (χ1) is 10.2. The number of likely N-dealkylation sites (tertiary alicyclic amines) is 1. The smallest absolute Gasteiger partial charge is 0.323 e. The second kappa shape index (κ2) is 4.75. The number of carbonyl (C=O) groups excluding carboxylic acids is 1. The van der Waals surface area contributed by atoms with Crippen LogP contribution in [-0.2, 0) is 12.8 Å². The summed E-state index contributed by atoms with van der Waals surface area (Å²) in [5, 5.41) is 7.06. The molecule has 2 aliphatic carbocycles. The van der Waals surface area contributed by atoms with Gasteiger partial charge in [0.1, 0.15) is 5.76 Å². The molecule has 0 bridgehead atoms. The predicted molar refractivity (Wildman–Crippen MR) is 79.2 cm³/mol. The van der Waals surface area contributed by atoms with E-state index < -0.39 is 0 Å². The lowest BCUT2D eigenvalue weighted by molar-refractivity contribution is 0.144. The minimum atomic E-state index is -0.00653. The Kier molecular flexibility index (Phi) is 2.98. The van der Waals surface area contributed by atoms with Gasteiger partial charge in [0, 0.05) is 24.6 Å². The first kappa shape index (κ1) is 13.2. The molecule has 1 atom stereocenters. The Hall–Kier alpha value is -1.52. The molecule has 1 aromatic heterocycles. The van der Waals surface area contributed by atoms with Gasteiger partial charge in [0.25, 0.3) is 0 Å². The Balaban J connectivity index is 1.47. The normalized spacial score (nSPS) is 26.5. The lowest BCUT2D eigenvalue weighted by atomic mass is 9.68. The number of nitrogens with one attached hydrogen (secondary N) is 1. The molecular formula is C16H23N3O2. The van der Waals surface area contributed by atoms with E-state index in [1.165, 1.54) is 19.3 Å². The van der Waals surface area contributed by atoms with E-state index in [0.717, 1.165) is 50.0 Å². The summed E-state index contributed by atoms with van der Waals surface area (Å²) in [5.74, 6) is 1.61. The van der Waals surface area contributed by atoms with E-state index in [1.54, 1.807) is 0 Å². The zero-order valence-corrected chi connectivity index (χ0v) is 12.7. The number of amides is 2. The van der Waals surface area contributed by atoms with E-state index in [4.69, 9.17) is 4.52 Å². The number of urea groups is 1. The van der Waals surface area contributed by atoms with Crippen LogP contribution in [0.3, 0.4) is 0 Å². The third-order valence-electron chi connectivity index (χ3n) is 5.62. The van der Waals surface area contributed by atoms with Crippen LogP contribution in [0.5, 0.6) is 0 Å². The highest BCUT2D eigenvalue weighted by Gasteiger charge is 2.47. The van der Waals surface area contributed by atoms with Gasteiger partial charge in [0.05, 0.1) is 0 Å². The Labute approximate surface area is 125 Å². The molecule has 4 rings (SSSR count). The van der Waals surface area contributed by atoms with Crippen LogP contribution >= 0.6 is 0 Å². The number of fused-ring (bicyclic) bond motifs is 1. The van der Waals surface area contributed by atoms with E-state index in [1.807, 2.05) is 4.90 Å². The van der Waals surface area contributed by atoms with Crippen LogP contribution < -0.4 is 5.32 Å². The fraction of sp³-hybridized carbons (Fsp3) is 0.750. The lowest BCUT2D eigenvalue weighted by Gasteiger charge is -2.37. The Morgan fingerprint density at radius 2 is 2.14 bits per heavy atom. The minimum Gasteiger partial charge on any atom is -0.359 e. The van der Waals surface area contributed by atoms with Crippen molar-refractivity contribution in [1.29, 1.82) is 0 Å². The largest absolute Gasteiger partial charge is 0.359 e. The molecule has 1 saturated heterocycles. The number of hydrogen-bond donors (Lipinski definition) is 1. The maximum atomic E-state index is 12.6. The van der Waals surface area contributed by atoms with Gasteiger partial charge >= 0.3 is 6.03 Å². The minimum absolute atomic E-state index is 0.00653. The fourth-order valence-electron chi connectivity index (χ4n) is 4.29. The molecule has 2 amide bonds. The Morgan fingerprint density at radius 3 is 2.86 bits per heavy atom. The predicted octanol–water partition coefficient (Wildman–Crippen LogP) is 3.35. The molecule has 0 aromatic carbocycles. The number of hydrogen-bond acceptors (Lipinski definition) is 3. The van der Waals surface area contributed by atoms with Crippen molar-refractivity contribution in [3.8, 4) is 0 Å². The van der Waals surface area contributed by atoms with Gasteiger partial charge in [-0.05, 0) is 50.9 Å². The third-order valence-corrected chi connectivity index (χ3v) is 5.62. The average Bonchev–Trinajstić information content (AvgIpc) is 3.00. The second-order valence-electron chi connectivity index (χ2n) is 7.10. The third kappa shape index (κ3) is 2.14.